The van der Waals surface area contributed by atoms with Gasteiger partial charge in [0.2, 0.25) is 0 Å². The van der Waals surface area contributed by atoms with Gasteiger partial charge in [-0.05, 0) is 36.0 Å². The van der Waals surface area contributed by atoms with E-state index in [2.05, 4.69) is 48.5 Å². The van der Waals surface area contributed by atoms with Gasteiger partial charge in [0.25, 0.3) is 0 Å². The summed E-state index contributed by atoms with van der Waals surface area (Å²) >= 11 is 0. The van der Waals surface area contributed by atoms with E-state index in [9.17, 15) is 0 Å². The Kier molecular flexibility index (Phi) is 17.1. The van der Waals surface area contributed by atoms with Crippen LogP contribution in [0.15, 0.2) is 0 Å². The lowest BCUT2D eigenvalue weighted by molar-refractivity contribution is 0.178. The molecule has 0 saturated heterocycles. The third-order valence-electron chi connectivity index (χ3n) is 7.04. The summed E-state index contributed by atoms with van der Waals surface area (Å²) in [6.07, 6.45) is 20.1. The standard InChI is InChI=1S/C26H54/c1-8-17-23(19-16-14-13-15-18-22(6)7)20-21-25(11-4)26(12-5)24(9-2)10-3/h22-26H,8-21H2,1-7H3. The van der Waals surface area contributed by atoms with Crippen molar-refractivity contribution in [2.24, 2.45) is 29.6 Å². The van der Waals surface area contributed by atoms with Crippen molar-refractivity contribution in [3.05, 3.63) is 0 Å². The fourth-order valence-electron chi connectivity index (χ4n) is 5.30. The molecule has 0 rings (SSSR count). The van der Waals surface area contributed by atoms with Crippen LogP contribution in [0, 0.1) is 29.6 Å². The van der Waals surface area contributed by atoms with Crippen LogP contribution in [0.25, 0.3) is 0 Å². The minimum atomic E-state index is 0.885. The minimum Gasteiger partial charge on any atom is -0.0654 e. The summed E-state index contributed by atoms with van der Waals surface area (Å²) in [5, 5.41) is 0. The van der Waals surface area contributed by atoms with Gasteiger partial charge in [-0.15, -0.1) is 0 Å². The summed E-state index contributed by atoms with van der Waals surface area (Å²) in [6.45, 7) is 16.8. The van der Waals surface area contributed by atoms with E-state index in [-0.39, 0.29) is 0 Å². The molecule has 3 unspecified atom stereocenters. The first-order valence-corrected chi connectivity index (χ1v) is 12.5. The second-order valence-corrected chi connectivity index (χ2v) is 9.43. The highest BCUT2D eigenvalue weighted by atomic mass is 14.3. The summed E-state index contributed by atoms with van der Waals surface area (Å²) in [6, 6.07) is 0. The van der Waals surface area contributed by atoms with Crippen LogP contribution >= 0.6 is 0 Å². The molecule has 26 heavy (non-hydrogen) atoms. The van der Waals surface area contributed by atoms with Gasteiger partial charge in [0.1, 0.15) is 0 Å². The normalized spacial score (nSPS) is 15.6. The van der Waals surface area contributed by atoms with Gasteiger partial charge < -0.3 is 0 Å². The maximum atomic E-state index is 2.44. The third-order valence-corrected chi connectivity index (χ3v) is 7.04. The largest absolute Gasteiger partial charge is 0.0654 e. The molecule has 158 valence electrons. The average molecular weight is 367 g/mol. The summed E-state index contributed by atoms with van der Waals surface area (Å²) in [7, 11) is 0. The summed E-state index contributed by atoms with van der Waals surface area (Å²) in [5.74, 6) is 4.77. The molecular formula is C26H54. The van der Waals surface area contributed by atoms with E-state index >= 15 is 0 Å². The van der Waals surface area contributed by atoms with Crippen molar-refractivity contribution in [1.29, 1.82) is 0 Å². The van der Waals surface area contributed by atoms with Crippen LogP contribution in [-0.2, 0) is 0 Å². The highest BCUT2D eigenvalue weighted by Crippen LogP contribution is 2.36. The quantitative estimate of drug-likeness (QED) is 0.212. The van der Waals surface area contributed by atoms with Crippen LogP contribution in [0.1, 0.15) is 138 Å². The Morgan fingerprint density at radius 3 is 1.54 bits per heavy atom. The van der Waals surface area contributed by atoms with Gasteiger partial charge in [-0.2, -0.15) is 0 Å². The SMILES string of the molecule is CCCC(CCCCCCC(C)C)CCC(CC)C(CC)C(CC)CC. The number of hydrogen-bond donors (Lipinski definition) is 0. The zero-order valence-electron chi connectivity index (χ0n) is 19.8. The molecular weight excluding hydrogens is 312 g/mol. The van der Waals surface area contributed by atoms with Crippen molar-refractivity contribution in [3.63, 3.8) is 0 Å². The van der Waals surface area contributed by atoms with E-state index in [1.165, 1.54) is 89.9 Å². The summed E-state index contributed by atoms with van der Waals surface area (Å²) in [4.78, 5) is 0. The van der Waals surface area contributed by atoms with Crippen molar-refractivity contribution >= 4 is 0 Å². The molecule has 0 heterocycles. The predicted molar refractivity (Wildman–Crippen MR) is 122 cm³/mol. The van der Waals surface area contributed by atoms with Crippen LogP contribution in [0.4, 0.5) is 0 Å². The van der Waals surface area contributed by atoms with Crippen LogP contribution in [0.5, 0.6) is 0 Å². The number of hydrogen-bond acceptors (Lipinski definition) is 0. The lowest BCUT2D eigenvalue weighted by Gasteiger charge is -2.33. The molecule has 0 N–H and O–H groups in total. The number of rotatable bonds is 18. The Labute approximate surface area is 168 Å². The van der Waals surface area contributed by atoms with Crippen LogP contribution in [0.3, 0.4) is 0 Å². The first-order valence-electron chi connectivity index (χ1n) is 12.5. The van der Waals surface area contributed by atoms with Gasteiger partial charge in [0, 0.05) is 0 Å². The second kappa shape index (κ2) is 17.1. The summed E-state index contributed by atoms with van der Waals surface area (Å²) < 4.78 is 0. The Morgan fingerprint density at radius 2 is 1.08 bits per heavy atom. The second-order valence-electron chi connectivity index (χ2n) is 9.43. The smallest absolute Gasteiger partial charge is 0.0360 e. The zero-order valence-corrected chi connectivity index (χ0v) is 19.8. The first kappa shape index (κ1) is 26.0. The molecule has 0 fully saturated rings. The van der Waals surface area contributed by atoms with Crippen molar-refractivity contribution < 1.29 is 0 Å². The minimum absolute atomic E-state index is 0.885. The molecule has 0 aliphatic carbocycles. The van der Waals surface area contributed by atoms with Crippen molar-refractivity contribution in [1.82, 2.24) is 0 Å². The zero-order chi connectivity index (χ0) is 19.8. The molecule has 0 aliphatic heterocycles. The topological polar surface area (TPSA) is 0 Å². The van der Waals surface area contributed by atoms with E-state index in [1.807, 2.05) is 0 Å². The van der Waals surface area contributed by atoms with Gasteiger partial charge >= 0.3 is 0 Å². The van der Waals surface area contributed by atoms with Crippen molar-refractivity contribution in [2.45, 2.75) is 138 Å². The van der Waals surface area contributed by atoms with E-state index in [4.69, 9.17) is 0 Å². The molecule has 0 nitrogen and oxygen atoms in total. The highest BCUT2D eigenvalue weighted by molar-refractivity contribution is 4.76. The van der Waals surface area contributed by atoms with Gasteiger partial charge in [-0.1, -0.05) is 132 Å². The van der Waals surface area contributed by atoms with Gasteiger partial charge in [-0.3, -0.25) is 0 Å². The Hall–Kier alpha value is 0. The molecule has 0 bridgehead atoms. The van der Waals surface area contributed by atoms with Crippen LogP contribution in [0.2, 0.25) is 0 Å². The lowest BCUT2D eigenvalue weighted by atomic mass is 9.73. The fraction of sp³-hybridized carbons (Fsp3) is 1.00. The molecule has 3 atom stereocenters. The Morgan fingerprint density at radius 1 is 0.500 bits per heavy atom. The van der Waals surface area contributed by atoms with Gasteiger partial charge in [0.15, 0.2) is 0 Å². The molecule has 0 aliphatic rings. The fourth-order valence-corrected chi connectivity index (χ4v) is 5.30. The summed E-state index contributed by atoms with van der Waals surface area (Å²) in [5.41, 5.74) is 0. The molecule has 0 aromatic heterocycles. The van der Waals surface area contributed by atoms with Crippen LogP contribution in [-0.4, -0.2) is 0 Å². The molecule has 0 radical (unpaired) electrons. The highest BCUT2D eigenvalue weighted by Gasteiger charge is 2.25. The number of unbranched alkanes of at least 4 members (excludes halogenated alkanes) is 3. The van der Waals surface area contributed by atoms with E-state index in [1.54, 1.807) is 0 Å². The Balaban J connectivity index is 4.32. The lowest BCUT2D eigenvalue weighted by Crippen LogP contribution is -2.23. The van der Waals surface area contributed by atoms with E-state index in [0.29, 0.717) is 0 Å². The van der Waals surface area contributed by atoms with Crippen molar-refractivity contribution in [2.75, 3.05) is 0 Å². The Bertz CT molecular complexity index is 276. The molecule has 0 aromatic carbocycles. The van der Waals surface area contributed by atoms with Gasteiger partial charge in [-0.25, -0.2) is 0 Å². The van der Waals surface area contributed by atoms with E-state index < -0.39 is 0 Å². The molecule has 0 aromatic rings. The predicted octanol–water partition coefficient (Wildman–Crippen LogP) is 9.67. The molecule has 0 spiro atoms. The third kappa shape index (κ3) is 11.7. The van der Waals surface area contributed by atoms with E-state index in [0.717, 1.165) is 29.6 Å². The average Bonchev–Trinajstić information content (AvgIpc) is 2.63. The van der Waals surface area contributed by atoms with Crippen LogP contribution < -0.4 is 0 Å². The maximum Gasteiger partial charge on any atom is -0.0360 e. The first-order chi connectivity index (χ1) is 12.5. The monoisotopic (exact) mass is 366 g/mol. The molecule has 0 heteroatoms. The van der Waals surface area contributed by atoms with Gasteiger partial charge in [0.05, 0.1) is 0 Å². The molecule has 0 saturated carbocycles. The van der Waals surface area contributed by atoms with Crippen molar-refractivity contribution in [3.8, 4) is 0 Å². The maximum absolute atomic E-state index is 2.44. The molecule has 0 amide bonds.